The first kappa shape index (κ1) is 17.4. The van der Waals surface area contributed by atoms with E-state index in [2.05, 4.69) is 0 Å². The molecule has 4 aromatic rings. The van der Waals surface area contributed by atoms with Crippen LogP contribution in [-0.2, 0) is 6.61 Å². The molecule has 0 radical (unpaired) electrons. The van der Waals surface area contributed by atoms with Gasteiger partial charge < -0.3 is 9.15 Å². The fourth-order valence-electron chi connectivity index (χ4n) is 3.12. The van der Waals surface area contributed by atoms with Crippen molar-refractivity contribution in [2.24, 2.45) is 0 Å². The highest BCUT2D eigenvalue weighted by Gasteiger charge is 2.14. The zero-order valence-corrected chi connectivity index (χ0v) is 15.5. The Kier molecular flexibility index (Phi) is 4.69. The van der Waals surface area contributed by atoms with Gasteiger partial charge in [0.05, 0.1) is 5.56 Å². The van der Waals surface area contributed by atoms with Crippen molar-refractivity contribution in [3.05, 3.63) is 99.4 Å². The van der Waals surface area contributed by atoms with Crippen LogP contribution in [0.3, 0.4) is 0 Å². The Morgan fingerprint density at radius 1 is 0.963 bits per heavy atom. The van der Waals surface area contributed by atoms with E-state index < -0.39 is 0 Å². The van der Waals surface area contributed by atoms with E-state index in [1.165, 1.54) is 0 Å². The molecule has 0 N–H and O–H groups in total. The number of ether oxygens (including phenoxy) is 1. The summed E-state index contributed by atoms with van der Waals surface area (Å²) in [5, 5.41) is 1.51. The Labute approximate surface area is 161 Å². The molecule has 3 aromatic carbocycles. The Bertz CT molecular complexity index is 1150. The van der Waals surface area contributed by atoms with E-state index in [1.54, 1.807) is 18.2 Å². The van der Waals surface area contributed by atoms with Gasteiger partial charge in [-0.15, -0.1) is 0 Å². The van der Waals surface area contributed by atoms with Crippen LogP contribution in [-0.4, -0.2) is 0 Å². The van der Waals surface area contributed by atoms with Crippen LogP contribution >= 0.6 is 11.6 Å². The van der Waals surface area contributed by atoms with Crippen molar-refractivity contribution in [2.75, 3.05) is 0 Å². The Morgan fingerprint density at radius 2 is 1.70 bits per heavy atom. The summed E-state index contributed by atoms with van der Waals surface area (Å²) in [4.78, 5) is 12.6. The lowest BCUT2D eigenvalue weighted by Crippen LogP contribution is -2.06. The Morgan fingerprint density at radius 3 is 2.44 bits per heavy atom. The highest BCUT2D eigenvalue weighted by atomic mass is 35.5. The SMILES string of the molecule is Cc1c(-c2ccc(Cl)cc2)c(=O)oc2cc(OCc3ccccc3)ccc12. The van der Waals surface area contributed by atoms with Gasteiger partial charge in [-0.25, -0.2) is 4.79 Å². The van der Waals surface area contributed by atoms with Gasteiger partial charge in [-0.1, -0.05) is 54.1 Å². The minimum atomic E-state index is -0.373. The molecule has 0 saturated carbocycles. The van der Waals surface area contributed by atoms with Crippen LogP contribution in [0, 0.1) is 6.92 Å². The number of fused-ring (bicyclic) bond motifs is 1. The largest absolute Gasteiger partial charge is 0.489 e. The van der Waals surface area contributed by atoms with Crippen molar-refractivity contribution < 1.29 is 9.15 Å². The zero-order chi connectivity index (χ0) is 18.8. The zero-order valence-electron chi connectivity index (χ0n) is 14.7. The van der Waals surface area contributed by atoms with Gasteiger partial charge in [0.25, 0.3) is 0 Å². The molecule has 4 rings (SSSR count). The molecule has 0 amide bonds. The number of halogens is 1. The van der Waals surface area contributed by atoms with Crippen LogP contribution in [0.15, 0.2) is 82.0 Å². The predicted octanol–water partition coefficient (Wildman–Crippen LogP) is 6.00. The maximum atomic E-state index is 12.6. The third-order valence-corrected chi connectivity index (χ3v) is 4.77. The summed E-state index contributed by atoms with van der Waals surface area (Å²) in [6.45, 7) is 2.38. The fourth-order valence-corrected chi connectivity index (χ4v) is 3.24. The van der Waals surface area contributed by atoms with E-state index in [-0.39, 0.29) is 5.63 Å². The average molecular weight is 377 g/mol. The van der Waals surface area contributed by atoms with E-state index in [4.69, 9.17) is 20.8 Å². The van der Waals surface area contributed by atoms with Crippen molar-refractivity contribution >= 4 is 22.6 Å². The normalized spacial score (nSPS) is 10.9. The Hall–Kier alpha value is -3.04. The van der Waals surface area contributed by atoms with E-state index in [9.17, 15) is 4.79 Å². The molecule has 27 heavy (non-hydrogen) atoms. The van der Waals surface area contributed by atoms with Gasteiger partial charge in [0, 0.05) is 16.5 Å². The minimum absolute atomic E-state index is 0.373. The molecule has 1 heterocycles. The summed E-state index contributed by atoms with van der Waals surface area (Å²) in [7, 11) is 0. The first-order valence-electron chi connectivity index (χ1n) is 8.62. The number of rotatable bonds is 4. The fraction of sp³-hybridized carbons (Fsp3) is 0.0870. The molecule has 0 unspecified atom stereocenters. The van der Waals surface area contributed by atoms with E-state index >= 15 is 0 Å². The Balaban J connectivity index is 1.70. The molecule has 134 valence electrons. The lowest BCUT2D eigenvalue weighted by atomic mass is 10.00. The summed E-state index contributed by atoms with van der Waals surface area (Å²) in [6, 6.07) is 22.7. The molecule has 0 saturated heterocycles. The van der Waals surface area contributed by atoms with Crippen LogP contribution in [0.5, 0.6) is 5.75 Å². The topological polar surface area (TPSA) is 39.4 Å². The van der Waals surface area contributed by atoms with E-state index in [1.807, 2.05) is 61.5 Å². The molecule has 0 bridgehead atoms. The molecular weight excluding hydrogens is 360 g/mol. The van der Waals surface area contributed by atoms with Crippen molar-refractivity contribution in [1.82, 2.24) is 0 Å². The third kappa shape index (κ3) is 3.60. The lowest BCUT2D eigenvalue weighted by molar-refractivity contribution is 0.306. The molecule has 3 nitrogen and oxygen atoms in total. The molecule has 1 aromatic heterocycles. The van der Waals surface area contributed by atoms with Crippen LogP contribution in [0.1, 0.15) is 11.1 Å². The van der Waals surface area contributed by atoms with Gasteiger partial charge in [-0.05, 0) is 47.9 Å². The molecule has 0 spiro atoms. The average Bonchev–Trinajstić information content (AvgIpc) is 2.68. The van der Waals surface area contributed by atoms with Crippen molar-refractivity contribution in [3.8, 4) is 16.9 Å². The molecule has 0 aliphatic heterocycles. The minimum Gasteiger partial charge on any atom is -0.489 e. The van der Waals surface area contributed by atoms with Crippen molar-refractivity contribution in [2.45, 2.75) is 13.5 Å². The van der Waals surface area contributed by atoms with Gasteiger partial charge in [0.1, 0.15) is 17.9 Å². The summed E-state index contributed by atoms with van der Waals surface area (Å²) in [6.07, 6.45) is 0. The summed E-state index contributed by atoms with van der Waals surface area (Å²) < 4.78 is 11.4. The van der Waals surface area contributed by atoms with Crippen LogP contribution in [0.25, 0.3) is 22.1 Å². The standard InChI is InChI=1S/C23H17ClO3/c1-15-20-12-11-19(26-14-16-5-3-2-4-6-16)13-21(20)27-23(25)22(15)17-7-9-18(24)10-8-17/h2-13H,14H2,1H3. The van der Waals surface area contributed by atoms with E-state index in [0.717, 1.165) is 22.1 Å². The molecule has 0 aliphatic rings. The van der Waals surface area contributed by atoms with Crippen LogP contribution in [0.4, 0.5) is 0 Å². The quantitative estimate of drug-likeness (QED) is 0.410. The summed E-state index contributed by atoms with van der Waals surface area (Å²) in [5.74, 6) is 0.660. The number of hydrogen-bond donors (Lipinski definition) is 0. The third-order valence-electron chi connectivity index (χ3n) is 4.52. The second kappa shape index (κ2) is 7.29. The maximum absolute atomic E-state index is 12.6. The molecule has 0 fully saturated rings. The number of benzene rings is 3. The van der Waals surface area contributed by atoms with Gasteiger partial charge in [-0.2, -0.15) is 0 Å². The monoisotopic (exact) mass is 376 g/mol. The lowest BCUT2D eigenvalue weighted by Gasteiger charge is -2.10. The van der Waals surface area contributed by atoms with Gasteiger partial charge in [0.15, 0.2) is 0 Å². The molecule has 0 atom stereocenters. The van der Waals surface area contributed by atoms with Crippen molar-refractivity contribution in [3.63, 3.8) is 0 Å². The summed E-state index contributed by atoms with van der Waals surface area (Å²) in [5.41, 5.74) is 3.43. The molecule has 0 aliphatic carbocycles. The second-order valence-electron chi connectivity index (χ2n) is 6.33. The van der Waals surface area contributed by atoms with Crippen LogP contribution < -0.4 is 10.4 Å². The highest BCUT2D eigenvalue weighted by Crippen LogP contribution is 2.29. The number of hydrogen-bond acceptors (Lipinski definition) is 3. The van der Waals surface area contributed by atoms with Crippen LogP contribution in [0.2, 0.25) is 5.02 Å². The van der Waals surface area contributed by atoms with Gasteiger partial charge >= 0.3 is 5.63 Å². The second-order valence-corrected chi connectivity index (χ2v) is 6.77. The smallest absolute Gasteiger partial charge is 0.344 e. The van der Waals surface area contributed by atoms with Crippen molar-refractivity contribution in [1.29, 1.82) is 0 Å². The van der Waals surface area contributed by atoms with Gasteiger partial charge in [-0.3, -0.25) is 0 Å². The first-order valence-corrected chi connectivity index (χ1v) is 9.00. The predicted molar refractivity (Wildman–Crippen MR) is 108 cm³/mol. The maximum Gasteiger partial charge on any atom is 0.344 e. The molecule has 4 heteroatoms. The highest BCUT2D eigenvalue weighted by molar-refractivity contribution is 6.30. The van der Waals surface area contributed by atoms with Gasteiger partial charge in [0.2, 0.25) is 0 Å². The summed E-state index contributed by atoms with van der Waals surface area (Å²) >= 11 is 5.95. The first-order chi connectivity index (χ1) is 13.1. The number of aryl methyl sites for hydroxylation is 1. The molecular formula is C23H17ClO3. The van der Waals surface area contributed by atoms with E-state index in [0.29, 0.717) is 28.5 Å².